The van der Waals surface area contributed by atoms with Crippen molar-refractivity contribution in [3.8, 4) is 11.6 Å². The van der Waals surface area contributed by atoms with Crippen LogP contribution in [0.3, 0.4) is 0 Å². The summed E-state index contributed by atoms with van der Waals surface area (Å²) in [6, 6.07) is 6.11. The molecule has 0 radical (unpaired) electrons. The number of methoxy groups -OCH3 is 1. The van der Waals surface area contributed by atoms with Crippen molar-refractivity contribution >= 4 is 32.9 Å². The van der Waals surface area contributed by atoms with Gasteiger partial charge in [0.05, 0.1) is 23.8 Å². The molecule has 11 heteroatoms. The molecule has 2 aromatic heterocycles. The molecule has 160 valence electrons. The first-order valence-electron chi connectivity index (χ1n) is 8.73. The highest BCUT2D eigenvalue weighted by Crippen LogP contribution is 2.37. The lowest BCUT2D eigenvalue weighted by Crippen LogP contribution is -2.28. The minimum Gasteiger partial charge on any atom is -0.496 e. The molecule has 2 heterocycles. The third-order valence-electron chi connectivity index (χ3n) is 4.32. The van der Waals surface area contributed by atoms with E-state index in [9.17, 15) is 18.0 Å². The van der Waals surface area contributed by atoms with Crippen molar-refractivity contribution in [2.45, 2.75) is 19.6 Å². The second-order valence-electron chi connectivity index (χ2n) is 6.44. The van der Waals surface area contributed by atoms with Crippen LogP contribution in [0.4, 0.5) is 13.2 Å². The van der Waals surface area contributed by atoms with E-state index in [1.165, 1.54) is 25.8 Å². The summed E-state index contributed by atoms with van der Waals surface area (Å²) >= 11 is 3.34. The predicted molar refractivity (Wildman–Crippen MR) is 106 cm³/mol. The Balaban J connectivity index is 1.73. The van der Waals surface area contributed by atoms with Crippen molar-refractivity contribution < 1.29 is 27.4 Å². The van der Waals surface area contributed by atoms with E-state index in [4.69, 9.17) is 9.47 Å². The smallest absolute Gasteiger partial charge is 0.417 e. The maximum absolute atomic E-state index is 13.5. The highest BCUT2D eigenvalue weighted by molar-refractivity contribution is 9.10. The third kappa shape index (κ3) is 4.66. The van der Waals surface area contributed by atoms with Crippen LogP contribution in [0.25, 0.3) is 11.0 Å². The van der Waals surface area contributed by atoms with Crippen LogP contribution >= 0.6 is 15.9 Å². The highest BCUT2D eigenvalue weighted by Gasteiger charge is 2.35. The van der Waals surface area contributed by atoms with Crippen molar-refractivity contribution in [1.29, 1.82) is 0 Å². The van der Waals surface area contributed by atoms with Crippen molar-refractivity contribution in [2.75, 3.05) is 13.7 Å². The van der Waals surface area contributed by atoms with Crippen molar-refractivity contribution in [3.05, 3.63) is 45.6 Å². The zero-order valence-corrected chi connectivity index (χ0v) is 17.9. The zero-order chi connectivity index (χ0) is 22.1. The van der Waals surface area contributed by atoms with E-state index in [0.29, 0.717) is 5.75 Å². The monoisotopic (exact) mass is 486 g/mol. The number of alkyl halides is 3. The number of carbonyl (C=O) groups is 1. The van der Waals surface area contributed by atoms with Crippen LogP contribution in [0.15, 0.2) is 28.7 Å². The number of fused-ring (bicyclic) bond motifs is 1. The highest BCUT2D eigenvalue weighted by atomic mass is 79.9. The van der Waals surface area contributed by atoms with E-state index in [-0.39, 0.29) is 29.2 Å². The summed E-state index contributed by atoms with van der Waals surface area (Å²) in [5.74, 6) is -0.241. The minimum absolute atomic E-state index is 0.0246. The molecule has 0 atom stereocenters. The van der Waals surface area contributed by atoms with Gasteiger partial charge in [0.1, 0.15) is 5.75 Å². The first-order valence-corrected chi connectivity index (χ1v) is 9.53. The Hall–Kier alpha value is -2.82. The van der Waals surface area contributed by atoms with Gasteiger partial charge in [0.2, 0.25) is 5.88 Å². The zero-order valence-electron chi connectivity index (χ0n) is 16.3. The SMILES string of the molecule is COc1ccc(Br)cc1CNC(=O)COc1cc(C(F)(F)F)c2c(C)nn(C)c2n1. The summed E-state index contributed by atoms with van der Waals surface area (Å²) in [5.41, 5.74) is 0.0491. The van der Waals surface area contributed by atoms with E-state index >= 15 is 0 Å². The van der Waals surface area contributed by atoms with Crippen molar-refractivity contribution in [2.24, 2.45) is 7.05 Å². The summed E-state index contributed by atoms with van der Waals surface area (Å²) in [6.07, 6.45) is -4.62. The molecule has 0 bridgehead atoms. The number of hydrogen-bond acceptors (Lipinski definition) is 5. The fraction of sp³-hybridized carbons (Fsp3) is 0.316. The lowest BCUT2D eigenvalue weighted by atomic mass is 10.1. The Bertz CT molecular complexity index is 1100. The normalized spacial score (nSPS) is 11.6. The number of aromatic nitrogens is 3. The minimum atomic E-state index is -4.62. The van der Waals surface area contributed by atoms with Gasteiger partial charge in [-0.3, -0.25) is 9.48 Å². The molecule has 0 aliphatic carbocycles. The number of aryl methyl sites for hydroxylation is 2. The quantitative estimate of drug-likeness (QED) is 0.573. The fourth-order valence-electron chi connectivity index (χ4n) is 2.99. The largest absolute Gasteiger partial charge is 0.496 e. The molecule has 0 fully saturated rings. The molecule has 3 rings (SSSR count). The Kier molecular flexibility index (Phi) is 6.20. The standard InChI is InChI=1S/C19H18BrF3N4O3/c1-10-17-13(19(21,22)23)7-16(25-18(17)27(2)26-10)30-9-15(28)24-8-11-6-12(20)4-5-14(11)29-3/h4-7H,8-9H2,1-3H3,(H,24,28). The molecular formula is C19H18BrF3N4O3. The van der Waals surface area contributed by atoms with Crippen LogP contribution < -0.4 is 14.8 Å². The number of amides is 1. The molecule has 3 aromatic rings. The van der Waals surface area contributed by atoms with E-state index in [1.54, 1.807) is 18.2 Å². The molecule has 1 amide bonds. The summed E-state index contributed by atoms with van der Waals surface area (Å²) in [4.78, 5) is 16.2. The summed E-state index contributed by atoms with van der Waals surface area (Å²) in [6.45, 7) is 1.14. The van der Waals surface area contributed by atoms with Gasteiger partial charge >= 0.3 is 6.18 Å². The average Bonchev–Trinajstić information content (AvgIpc) is 2.97. The summed E-state index contributed by atoms with van der Waals surface area (Å²) in [5, 5.41) is 6.53. The van der Waals surface area contributed by atoms with Crippen LogP contribution in [0, 0.1) is 6.92 Å². The number of ether oxygens (including phenoxy) is 2. The predicted octanol–water partition coefficient (Wildman–Crippen LogP) is 3.76. The lowest BCUT2D eigenvalue weighted by molar-refractivity contribution is -0.136. The van der Waals surface area contributed by atoms with Gasteiger partial charge in [0, 0.05) is 29.7 Å². The summed E-state index contributed by atoms with van der Waals surface area (Å²) < 4.78 is 53.0. The molecule has 0 aliphatic rings. The van der Waals surface area contributed by atoms with Gasteiger partial charge in [0.15, 0.2) is 12.3 Å². The maximum atomic E-state index is 13.5. The van der Waals surface area contributed by atoms with E-state index in [0.717, 1.165) is 16.1 Å². The van der Waals surface area contributed by atoms with E-state index in [1.807, 2.05) is 0 Å². The molecule has 1 N–H and O–H groups in total. The van der Waals surface area contributed by atoms with Gasteiger partial charge in [-0.2, -0.15) is 23.3 Å². The lowest BCUT2D eigenvalue weighted by Gasteiger charge is -2.12. The molecular weight excluding hydrogens is 469 g/mol. The second kappa shape index (κ2) is 8.50. The Morgan fingerprint density at radius 1 is 1.30 bits per heavy atom. The van der Waals surface area contributed by atoms with Crippen LogP contribution in [0.5, 0.6) is 11.6 Å². The van der Waals surface area contributed by atoms with E-state index < -0.39 is 24.3 Å². The number of nitrogens with one attached hydrogen (secondary N) is 1. The molecule has 1 aromatic carbocycles. The number of benzene rings is 1. The fourth-order valence-corrected chi connectivity index (χ4v) is 3.40. The summed E-state index contributed by atoms with van der Waals surface area (Å²) in [7, 11) is 3.00. The topological polar surface area (TPSA) is 78.3 Å². The molecule has 0 spiro atoms. The van der Waals surface area contributed by atoms with Gasteiger partial charge in [0.25, 0.3) is 5.91 Å². The number of halogens is 4. The number of nitrogens with zero attached hydrogens (tertiary/aromatic N) is 3. The molecule has 30 heavy (non-hydrogen) atoms. The first-order chi connectivity index (χ1) is 14.1. The van der Waals surface area contributed by atoms with Crippen LogP contribution in [-0.2, 0) is 24.6 Å². The average molecular weight is 487 g/mol. The molecule has 0 saturated heterocycles. The molecule has 0 unspecified atom stereocenters. The maximum Gasteiger partial charge on any atom is 0.417 e. The van der Waals surface area contributed by atoms with E-state index in [2.05, 4.69) is 31.3 Å². The Morgan fingerprint density at radius 2 is 2.03 bits per heavy atom. The third-order valence-corrected chi connectivity index (χ3v) is 4.81. The van der Waals surface area contributed by atoms with Gasteiger partial charge in [-0.05, 0) is 25.1 Å². The first kappa shape index (κ1) is 21.9. The Labute approximate surface area is 178 Å². The van der Waals surface area contributed by atoms with Crippen molar-refractivity contribution in [3.63, 3.8) is 0 Å². The van der Waals surface area contributed by atoms with Crippen LogP contribution in [-0.4, -0.2) is 34.4 Å². The van der Waals surface area contributed by atoms with Crippen LogP contribution in [0.2, 0.25) is 0 Å². The van der Waals surface area contributed by atoms with Gasteiger partial charge in [-0.1, -0.05) is 15.9 Å². The number of pyridine rings is 1. The number of carbonyl (C=O) groups excluding carboxylic acids is 1. The molecule has 0 saturated carbocycles. The Morgan fingerprint density at radius 3 is 2.70 bits per heavy atom. The number of rotatable bonds is 6. The number of hydrogen-bond donors (Lipinski definition) is 1. The van der Waals surface area contributed by atoms with Gasteiger partial charge in [-0.15, -0.1) is 0 Å². The van der Waals surface area contributed by atoms with Crippen LogP contribution in [0.1, 0.15) is 16.8 Å². The molecule has 0 aliphatic heterocycles. The van der Waals surface area contributed by atoms with Crippen molar-refractivity contribution in [1.82, 2.24) is 20.1 Å². The van der Waals surface area contributed by atoms with Gasteiger partial charge < -0.3 is 14.8 Å². The van der Waals surface area contributed by atoms with Gasteiger partial charge in [-0.25, -0.2) is 0 Å². The second-order valence-corrected chi connectivity index (χ2v) is 7.35. The molecule has 7 nitrogen and oxygen atoms in total.